The van der Waals surface area contributed by atoms with Gasteiger partial charge in [0, 0.05) is 11.1 Å². The summed E-state index contributed by atoms with van der Waals surface area (Å²) in [5.41, 5.74) is 6.78. The number of aryl methyl sites for hydroxylation is 1. The fourth-order valence-corrected chi connectivity index (χ4v) is 3.30. The van der Waals surface area contributed by atoms with Crippen LogP contribution in [0.2, 0.25) is 0 Å². The minimum atomic E-state index is -0.507. The summed E-state index contributed by atoms with van der Waals surface area (Å²) in [6, 6.07) is 22.6. The van der Waals surface area contributed by atoms with Crippen LogP contribution in [-0.4, -0.2) is 21.6 Å². The van der Waals surface area contributed by atoms with Crippen molar-refractivity contribution in [3.05, 3.63) is 95.2 Å². The topological polar surface area (TPSA) is 64.4 Å². The van der Waals surface area contributed by atoms with Gasteiger partial charge in [-0.05, 0) is 31.2 Å². The van der Waals surface area contributed by atoms with Crippen LogP contribution < -0.4 is 0 Å². The van der Waals surface area contributed by atoms with Gasteiger partial charge in [0.25, 0.3) is 0 Å². The third-order valence-electron chi connectivity index (χ3n) is 4.74. The summed E-state index contributed by atoms with van der Waals surface area (Å²) in [6.07, 6.45) is 0. The van der Waals surface area contributed by atoms with Gasteiger partial charge in [-0.15, -0.1) is 0 Å². The second-order valence-electron chi connectivity index (χ2n) is 6.64. The fourth-order valence-electron chi connectivity index (χ4n) is 3.30. The highest BCUT2D eigenvalue weighted by Gasteiger charge is 2.29. The standard InChI is InChI=1S/C23H15N3O2/c1-14-10-12-15(13-11-14)23(27)28-26-21-17-7-3-2-6-16(17)20-22(21)25-19-9-5-4-8-18(19)24-20/h2-13H,1H3/b26-21+. The number of aromatic nitrogens is 2. The number of carbonyl (C=O) groups is 1. The number of fused-ring (bicyclic) bond motifs is 4. The first-order valence-corrected chi connectivity index (χ1v) is 8.93. The van der Waals surface area contributed by atoms with Gasteiger partial charge in [0.1, 0.15) is 11.4 Å². The van der Waals surface area contributed by atoms with Gasteiger partial charge >= 0.3 is 5.97 Å². The number of nitrogens with zero attached hydrogens (tertiary/aromatic N) is 3. The lowest BCUT2D eigenvalue weighted by atomic mass is 10.1. The molecule has 4 aromatic rings. The molecule has 1 aliphatic rings. The molecule has 0 atom stereocenters. The fraction of sp³-hybridized carbons (Fsp3) is 0.0435. The minimum absolute atomic E-state index is 0.450. The summed E-state index contributed by atoms with van der Waals surface area (Å²) in [5, 5.41) is 4.18. The van der Waals surface area contributed by atoms with Gasteiger partial charge < -0.3 is 4.84 Å². The summed E-state index contributed by atoms with van der Waals surface area (Å²) in [4.78, 5) is 27.1. The Bertz CT molecular complexity index is 1260. The van der Waals surface area contributed by atoms with Crippen LogP contribution in [0.1, 0.15) is 27.2 Å². The molecule has 0 spiro atoms. The zero-order chi connectivity index (χ0) is 19.1. The van der Waals surface area contributed by atoms with Gasteiger partial charge in [0.2, 0.25) is 0 Å². The molecule has 0 bridgehead atoms. The van der Waals surface area contributed by atoms with Crippen molar-refractivity contribution < 1.29 is 9.63 Å². The molecule has 0 N–H and O–H groups in total. The number of hydrogen-bond donors (Lipinski definition) is 0. The van der Waals surface area contributed by atoms with Gasteiger partial charge in [0.15, 0.2) is 0 Å². The van der Waals surface area contributed by atoms with E-state index >= 15 is 0 Å². The monoisotopic (exact) mass is 365 g/mol. The average molecular weight is 365 g/mol. The summed E-state index contributed by atoms with van der Waals surface area (Å²) in [6.45, 7) is 1.96. The molecular weight excluding hydrogens is 350 g/mol. The van der Waals surface area contributed by atoms with Crippen LogP contribution in [0.25, 0.3) is 22.3 Å². The van der Waals surface area contributed by atoms with E-state index in [-0.39, 0.29) is 0 Å². The normalized spacial score (nSPS) is 13.4. The van der Waals surface area contributed by atoms with Crippen LogP contribution in [0.4, 0.5) is 0 Å². The van der Waals surface area contributed by atoms with Gasteiger partial charge in [-0.1, -0.05) is 59.3 Å². The van der Waals surface area contributed by atoms with E-state index in [0.29, 0.717) is 17.0 Å². The average Bonchev–Trinajstić information content (AvgIpc) is 3.03. The molecule has 0 saturated carbocycles. The van der Waals surface area contributed by atoms with Crippen molar-refractivity contribution in [2.24, 2.45) is 5.16 Å². The first-order valence-electron chi connectivity index (χ1n) is 8.93. The molecule has 5 nitrogen and oxygen atoms in total. The van der Waals surface area contributed by atoms with E-state index in [1.165, 1.54) is 0 Å². The first kappa shape index (κ1) is 16.3. The quantitative estimate of drug-likeness (QED) is 0.341. The molecule has 0 unspecified atom stereocenters. The molecule has 1 aromatic heterocycles. The third-order valence-corrected chi connectivity index (χ3v) is 4.74. The molecule has 0 fully saturated rings. The summed E-state index contributed by atoms with van der Waals surface area (Å²) in [5.74, 6) is -0.507. The lowest BCUT2D eigenvalue weighted by molar-refractivity contribution is 0.0517. The summed E-state index contributed by atoms with van der Waals surface area (Å²) >= 11 is 0. The van der Waals surface area contributed by atoms with E-state index in [0.717, 1.165) is 33.4 Å². The van der Waals surface area contributed by atoms with Crippen molar-refractivity contribution in [3.8, 4) is 11.3 Å². The lowest BCUT2D eigenvalue weighted by Gasteiger charge is -2.03. The number of para-hydroxylation sites is 2. The second-order valence-corrected chi connectivity index (χ2v) is 6.64. The molecule has 0 aliphatic heterocycles. The maximum Gasteiger partial charge on any atom is 0.365 e. The van der Waals surface area contributed by atoms with Crippen LogP contribution in [0.3, 0.4) is 0 Å². The summed E-state index contributed by atoms with van der Waals surface area (Å²) in [7, 11) is 0. The van der Waals surface area contributed by atoms with Crippen molar-refractivity contribution in [1.29, 1.82) is 0 Å². The Morgan fingerprint density at radius 1 is 0.786 bits per heavy atom. The Kier molecular flexibility index (Phi) is 3.72. The van der Waals surface area contributed by atoms with Gasteiger partial charge in [-0.25, -0.2) is 14.8 Å². The molecular formula is C23H15N3O2. The molecule has 1 heterocycles. The number of benzene rings is 3. The van der Waals surface area contributed by atoms with E-state index in [9.17, 15) is 4.79 Å². The Morgan fingerprint density at radius 2 is 1.39 bits per heavy atom. The highest BCUT2D eigenvalue weighted by atomic mass is 16.7. The van der Waals surface area contributed by atoms with E-state index in [1.807, 2.05) is 67.6 Å². The highest BCUT2D eigenvalue weighted by molar-refractivity contribution is 6.23. The van der Waals surface area contributed by atoms with Crippen molar-refractivity contribution in [3.63, 3.8) is 0 Å². The maximum atomic E-state index is 12.4. The Hall–Kier alpha value is -3.86. The number of oxime groups is 1. The van der Waals surface area contributed by atoms with Crippen molar-refractivity contribution in [2.45, 2.75) is 6.92 Å². The van der Waals surface area contributed by atoms with Crippen LogP contribution in [-0.2, 0) is 4.84 Å². The van der Waals surface area contributed by atoms with E-state index < -0.39 is 5.97 Å². The second kappa shape index (κ2) is 6.39. The number of rotatable bonds is 2. The van der Waals surface area contributed by atoms with E-state index in [1.54, 1.807) is 12.1 Å². The van der Waals surface area contributed by atoms with Gasteiger partial charge in [-0.2, -0.15) is 0 Å². The Labute approximate surface area is 161 Å². The summed E-state index contributed by atoms with van der Waals surface area (Å²) < 4.78 is 0. The molecule has 0 amide bonds. The molecule has 5 heteroatoms. The zero-order valence-electron chi connectivity index (χ0n) is 15.1. The van der Waals surface area contributed by atoms with E-state index in [4.69, 9.17) is 14.8 Å². The third kappa shape index (κ3) is 2.65. The maximum absolute atomic E-state index is 12.4. The number of carbonyl (C=O) groups excluding carboxylic acids is 1. The van der Waals surface area contributed by atoms with Crippen LogP contribution in [0.15, 0.2) is 78.0 Å². The molecule has 28 heavy (non-hydrogen) atoms. The predicted octanol–water partition coefficient (Wildman–Crippen LogP) is 4.53. The molecule has 0 saturated heterocycles. The van der Waals surface area contributed by atoms with Gasteiger partial charge in [-0.3, -0.25) is 0 Å². The minimum Gasteiger partial charge on any atom is -0.312 e. The van der Waals surface area contributed by atoms with Crippen molar-refractivity contribution >= 4 is 22.7 Å². The molecule has 3 aromatic carbocycles. The van der Waals surface area contributed by atoms with Crippen LogP contribution in [0.5, 0.6) is 0 Å². The highest BCUT2D eigenvalue weighted by Crippen LogP contribution is 2.35. The first-order chi connectivity index (χ1) is 13.7. The zero-order valence-corrected chi connectivity index (χ0v) is 15.1. The number of hydrogen-bond acceptors (Lipinski definition) is 5. The molecule has 134 valence electrons. The largest absolute Gasteiger partial charge is 0.365 e. The lowest BCUT2D eigenvalue weighted by Crippen LogP contribution is -2.07. The SMILES string of the molecule is Cc1ccc(C(=O)O/N=C2\c3ccccc3-c3nc4ccccc4nc32)cc1. The Morgan fingerprint density at radius 3 is 2.11 bits per heavy atom. The Balaban J connectivity index is 1.59. The van der Waals surface area contributed by atoms with Gasteiger partial charge in [0.05, 0.1) is 22.3 Å². The van der Waals surface area contributed by atoms with E-state index in [2.05, 4.69) is 5.16 Å². The van der Waals surface area contributed by atoms with Crippen LogP contribution >= 0.6 is 0 Å². The van der Waals surface area contributed by atoms with Crippen LogP contribution in [0, 0.1) is 6.92 Å². The molecule has 0 radical (unpaired) electrons. The molecule has 5 rings (SSSR count). The van der Waals surface area contributed by atoms with Crippen molar-refractivity contribution in [1.82, 2.24) is 9.97 Å². The molecule has 1 aliphatic carbocycles. The van der Waals surface area contributed by atoms with Crippen molar-refractivity contribution in [2.75, 3.05) is 0 Å². The smallest absolute Gasteiger partial charge is 0.312 e. The predicted molar refractivity (Wildman–Crippen MR) is 107 cm³/mol.